The van der Waals surface area contributed by atoms with E-state index in [-0.39, 0.29) is 21.9 Å². The van der Waals surface area contributed by atoms with E-state index in [1.807, 2.05) is 6.20 Å². The number of pyridine rings is 2. The first-order valence-corrected chi connectivity index (χ1v) is 15.3. The summed E-state index contributed by atoms with van der Waals surface area (Å²) in [6.45, 7) is 26.3. The third-order valence-electron chi connectivity index (χ3n) is 7.62. The summed E-state index contributed by atoms with van der Waals surface area (Å²) in [5.41, 5.74) is 4.18. The summed E-state index contributed by atoms with van der Waals surface area (Å²) in [4.78, 5) is 12.0. The maximum atomic E-state index is 5.86. The molecule has 0 bridgehead atoms. The van der Waals surface area contributed by atoms with Crippen molar-refractivity contribution in [3.63, 3.8) is 0 Å². The molecule has 0 saturated carbocycles. The SMILES string of the molecule is CC(C)(CCC(C)(C)Cc1ccc(N2CC[C@@H](NC(C)(C)C)C2)cn1)Cc1ccc(OCCNC(C)(C)C)cn1. The first kappa shape index (κ1) is 32.3. The molecule has 6 heteroatoms. The van der Waals surface area contributed by atoms with Gasteiger partial charge in [0, 0.05) is 48.1 Å². The van der Waals surface area contributed by atoms with E-state index in [9.17, 15) is 0 Å². The van der Waals surface area contributed by atoms with Gasteiger partial charge in [-0.15, -0.1) is 0 Å². The Kier molecular flexibility index (Phi) is 10.7. The van der Waals surface area contributed by atoms with Crippen LogP contribution in [-0.4, -0.2) is 53.3 Å². The summed E-state index contributed by atoms with van der Waals surface area (Å²) in [7, 11) is 0. The van der Waals surface area contributed by atoms with Crippen molar-refractivity contribution in [2.45, 2.75) is 118 Å². The molecule has 0 radical (unpaired) electrons. The van der Waals surface area contributed by atoms with Crippen LogP contribution in [0.4, 0.5) is 5.69 Å². The van der Waals surface area contributed by atoms with Gasteiger partial charge >= 0.3 is 0 Å². The fourth-order valence-corrected chi connectivity index (χ4v) is 5.46. The Morgan fingerprint density at radius 2 is 1.40 bits per heavy atom. The quantitative estimate of drug-likeness (QED) is 0.266. The van der Waals surface area contributed by atoms with E-state index in [4.69, 9.17) is 14.7 Å². The monoisotopic (exact) mass is 551 g/mol. The number of anilines is 1. The number of hydrogen-bond acceptors (Lipinski definition) is 6. The number of hydrogen-bond donors (Lipinski definition) is 2. The molecule has 40 heavy (non-hydrogen) atoms. The lowest BCUT2D eigenvalue weighted by Crippen LogP contribution is -2.44. The summed E-state index contributed by atoms with van der Waals surface area (Å²) < 4.78 is 5.86. The highest BCUT2D eigenvalue weighted by Gasteiger charge is 2.28. The Hall–Kier alpha value is -2.18. The van der Waals surface area contributed by atoms with Gasteiger partial charge in [0.2, 0.25) is 0 Å². The molecular weight excluding hydrogens is 494 g/mol. The van der Waals surface area contributed by atoms with Gasteiger partial charge in [-0.25, -0.2) is 0 Å². The molecule has 1 atom stereocenters. The van der Waals surface area contributed by atoms with Crippen LogP contribution in [0.5, 0.6) is 5.75 Å². The Morgan fingerprint density at radius 1 is 0.800 bits per heavy atom. The minimum Gasteiger partial charge on any atom is -0.491 e. The molecule has 1 saturated heterocycles. The summed E-state index contributed by atoms with van der Waals surface area (Å²) in [6, 6.07) is 9.22. The van der Waals surface area contributed by atoms with Crippen molar-refractivity contribution in [1.29, 1.82) is 0 Å². The molecule has 1 aliphatic heterocycles. The molecule has 0 aliphatic carbocycles. The Labute approximate surface area is 245 Å². The third-order valence-corrected chi connectivity index (χ3v) is 7.62. The van der Waals surface area contributed by atoms with E-state index in [0.29, 0.717) is 12.6 Å². The minimum absolute atomic E-state index is 0.106. The molecule has 224 valence electrons. The van der Waals surface area contributed by atoms with Gasteiger partial charge in [0.25, 0.3) is 0 Å². The topological polar surface area (TPSA) is 62.3 Å². The van der Waals surface area contributed by atoms with Gasteiger partial charge in [0.1, 0.15) is 12.4 Å². The zero-order valence-corrected chi connectivity index (χ0v) is 27.2. The molecular formula is C34H57N5O. The van der Waals surface area contributed by atoms with Crippen molar-refractivity contribution < 1.29 is 4.74 Å². The van der Waals surface area contributed by atoms with E-state index >= 15 is 0 Å². The molecule has 1 aliphatic rings. The van der Waals surface area contributed by atoms with Gasteiger partial charge < -0.3 is 20.3 Å². The van der Waals surface area contributed by atoms with E-state index in [0.717, 1.165) is 56.8 Å². The summed E-state index contributed by atoms with van der Waals surface area (Å²) in [6.07, 6.45) is 9.38. The molecule has 2 N–H and O–H groups in total. The standard InChI is InChI=1S/C34H57N5O/c1-31(2,3)37-18-20-40-30-14-12-27(36-24-30)22-34(9,10)17-16-33(7,8)21-26-11-13-29(23-35-26)39-19-15-28(25-39)38-32(4,5)6/h11-14,23-24,28,37-38H,15-22,25H2,1-10H3/t28-/m1/s1. The van der Waals surface area contributed by atoms with Crippen LogP contribution in [0, 0.1) is 10.8 Å². The van der Waals surface area contributed by atoms with Crippen LogP contribution < -0.4 is 20.3 Å². The summed E-state index contributed by atoms with van der Waals surface area (Å²) >= 11 is 0. The molecule has 3 heterocycles. The van der Waals surface area contributed by atoms with Crippen LogP contribution in [0.3, 0.4) is 0 Å². The number of nitrogens with one attached hydrogen (secondary N) is 2. The lowest BCUT2D eigenvalue weighted by atomic mass is 9.75. The van der Waals surface area contributed by atoms with E-state index in [2.05, 4.69) is 115 Å². The second-order valence-corrected chi connectivity index (χ2v) is 15.5. The van der Waals surface area contributed by atoms with E-state index < -0.39 is 0 Å². The smallest absolute Gasteiger partial charge is 0.137 e. The Bertz CT molecular complexity index is 1030. The van der Waals surface area contributed by atoms with E-state index in [1.54, 1.807) is 0 Å². The van der Waals surface area contributed by atoms with Crippen LogP contribution in [0.25, 0.3) is 0 Å². The first-order valence-electron chi connectivity index (χ1n) is 15.3. The van der Waals surface area contributed by atoms with Gasteiger partial charge in [-0.2, -0.15) is 0 Å². The summed E-state index contributed by atoms with van der Waals surface area (Å²) in [5.74, 6) is 0.836. The van der Waals surface area contributed by atoms with Gasteiger partial charge in [-0.05, 0) is 109 Å². The van der Waals surface area contributed by atoms with Crippen LogP contribution in [0.1, 0.15) is 99.9 Å². The molecule has 3 rings (SSSR count). The second-order valence-electron chi connectivity index (χ2n) is 15.5. The molecule has 2 aromatic rings. The van der Waals surface area contributed by atoms with Crippen molar-refractivity contribution in [3.05, 3.63) is 48.0 Å². The van der Waals surface area contributed by atoms with Crippen molar-refractivity contribution in [2.75, 3.05) is 31.1 Å². The predicted molar refractivity (Wildman–Crippen MR) is 169 cm³/mol. The van der Waals surface area contributed by atoms with Crippen molar-refractivity contribution in [1.82, 2.24) is 20.6 Å². The predicted octanol–water partition coefficient (Wildman–Crippen LogP) is 6.83. The molecule has 6 nitrogen and oxygen atoms in total. The molecule has 0 spiro atoms. The number of ether oxygens (including phenoxy) is 1. The largest absolute Gasteiger partial charge is 0.491 e. The number of aromatic nitrogens is 2. The average molecular weight is 552 g/mol. The third kappa shape index (κ3) is 11.7. The lowest BCUT2D eigenvalue weighted by molar-refractivity contribution is 0.234. The zero-order chi connectivity index (χ0) is 29.6. The van der Waals surface area contributed by atoms with Crippen LogP contribution in [0.2, 0.25) is 0 Å². The summed E-state index contributed by atoms with van der Waals surface area (Å²) in [5, 5.41) is 7.19. The van der Waals surface area contributed by atoms with Crippen LogP contribution in [-0.2, 0) is 12.8 Å². The number of nitrogens with zero attached hydrogens (tertiary/aromatic N) is 3. The molecule has 0 unspecified atom stereocenters. The Balaban J connectivity index is 1.44. The minimum atomic E-state index is 0.106. The average Bonchev–Trinajstić information content (AvgIpc) is 3.28. The van der Waals surface area contributed by atoms with Gasteiger partial charge in [0.15, 0.2) is 0 Å². The fraction of sp³-hybridized carbons (Fsp3) is 0.706. The van der Waals surface area contributed by atoms with E-state index in [1.165, 1.54) is 17.8 Å². The number of rotatable bonds is 13. The van der Waals surface area contributed by atoms with Crippen molar-refractivity contribution in [3.8, 4) is 5.75 Å². The van der Waals surface area contributed by atoms with Crippen LogP contribution in [0.15, 0.2) is 36.7 Å². The molecule has 2 aromatic heterocycles. The Morgan fingerprint density at radius 3 is 1.90 bits per heavy atom. The maximum absolute atomic E-state index is 5.86. The molecule has 0 amide bonds. The highest BCUT2D eigenvalue weighted by Crippen LogP contribution is 2.35. The van der Waals surface area contributed by atoms with Gasteiger partial charge in [0.05, 0.1) is 18.1 Å². The normalized spacial score (nSPS) is 16.9. The van der Waals surface area contributed by atoms with Gasteiger partial charge in [-0.1, -0.05) is 27.7 Å². The van der Waals surface area contributed by atoms with Crippen molar-refractivity contribution in [2.24, 2.45) is 10.8 Å². The fourth-order valence-electron chi connectivity index (χ4n) is 5.46. The van der Waals surface area contributed by atoms with Crippen LogP contribution >= 0.6 is 0 Å². The maximum Gasteiger partial charge on any atom is 0.137 e. The molecule has 1 fully saturated rings. The lowest BCUT2D eigenvalue weighted by Gasteiger charge is -2.31. The second kappa shape index (κ2) is 13.2. The first-order chi connectivity index (χ1) is 18.5. The van der Waals surface area contributed by atoms with Gasteiger partial charge in [-0.3, -0.25) is 9.97 Å². The zero-order valence-electron chi connectivity index (χ0n) is 27.2. The highest BCUT2D eigenvalue weighted by molar-refractivity contribution is 5.46. The van der Waals surface area contributed by atoms with Crippen molar-refractivity contribution >= 4 is 5.69 Å². The molecule has 0 aromatic carbocycles. The highest BCUT2D eigenvalue weighted by atomic mass is 16.5.